The zero-order chi connectivity index (χ0) is 21.9. The fraction of sp³-hybridized carbons (Fsp3) is 0.235. The first kappa shape index (κ1) is 22.9. The van der Waals surface area contributed by atoms with Gasteiger partial charge in [-0.15, -0.1) is 11.3 Å². The highest BCUT2D eigenvalue weighted by atomic mass is 35.5. The molecule has 0 spiro atoms. The van der Waals surface area contributed by atoms with E-state index in [-0.39, 0.29) is 31.3 Å². The smallest absolute Gasteiger partial charge is 0.416 e. The molecule has 6 nitrogen and oxygen atoms in total. The first-order valence-electron chi connectivity index (χ1n) is 7.74. The van der Waals surface area contributed by atoms with Crippen molar-refractivity contribution < 1.29 is 32.2 Å². The molecule has 0 atom stereocenters. The third-order valence-corrected chi connectivity index (χ3v) is 5.40. The van der Waals surface area contributed by atoms with E-state index in [1.54, 1.807) is 0 Å². The van der Waals surface area contributed by atoms with Gasteiger partial charge in [0.15, 0.2) is 5.11 Å². The molecule has 156 valence electrons. The molecule has 12 heteroatoms. The van der Waals surface area contributed by atoms with Crippen LogP contribution in [0.3, 0.4) is 0 Å². The highest BCUT2D eigenvalue weighted by Crippen LogP contribution is 2.36. The first-order chi connectivity index (χ1) is 13.5. The molecule has 0 aliphatic carbocycles. The summed E-state index contributed by atoms with van der Waals surface area (Å²) >= 11 is 11.9. The lowest BCUT2D eigenvalue weighted by molar-refractivity contribution is -0.137. The van der Waals surface area contributed by atoms with E-state index >= 15 is 0 Å². The van der Waals surface area contributed by atoms with E-state index in [1.807, 2.05) is 0 Å². The molecule has 1 aromatic carbocycles. The van der Waals surface area contributed by atoms with Crippen LogP contribution in [0.4, 0.5) is 23.9 Å². The Morgan fingerprint density at radius 2 is 1.76 bits per heavy atom. The van der Waals surface area contributed by atoms with E-state index < -0.39 is 23.7 Å². The molecule has 2 N–H and O–H groups in total. The van der Waals surface area contributed by atoms with Gasteiger partial charge in [-0.3, -0.25) is 0 Å². The molecule has 0 bridgehead atoms. The van der Waals surface area contributed by atoms with Gasteiger partial charge in [-0.2, -0.15) is 13.2 Å². The number of hydrogen-bond acceptors (Lipinski definition) is 6. The number of ether oxygens (including phenoxy) is 2. The lowest BCUT2D eigenvalue weighted by Gasteiger charge is -2.14. The highest BCUT2D eigenvalue weighted by Gasteiger charge is 2.31. The number of carbonyl (C=O) groups is 2. The number of esters is 2. The molecule has 0 saturated heterocycles. The van der Waals surface area contributed by atoms with Crippen LogP contribution >= 0.6 is 35.2 Å². The molecule has 0 aliphatic rings. The number of thiophene rings is 1. The second kappa shape index (κ2) is 8.97. The summed E-state index contributed by atoms with van der Waals surface area (Å²) in [5, 5.41) is 5.27. The van der Waals surface area contributed by atoms with Crippen LogP contribution in [-0.2, 0) is 15.7 Å². The number of alkyl halides is 3. The minimum Gasteiger partial charge on any atom is -0.465 e. The van der Waals surface area contributed by atoms with Gasteiger partial charge in [0.1, 0.15) is 9.88 Å². The summed E-state index contributed by atoms with van der Waals surface area (Å²) in [4.78, 5) is 24.2. The third-order valence-electron chi connectivity index (χ3n) is 3.68. The van der Waals surface area contributed by atoms with Crippen LogP contribution in [0.1, 0.15) is 31.2 Å². The lowest BCUT2D eigenvalue weighted by Crippen LogP contribution is -2.20. The normalized spacial score (nSPS) is 11.0. The van der Waals surface area contributed by atoms with Crippen molar-refractivity contribution in [3.05, 3.63) is 44.8 Å². The number of nitrogens with one attached hydrogen (secondary N) is 2. The molecule has 0 amide bonds. The first-order valence-corrected chi connectivity index (χ1v) is 9.34. The number of benzene rings is 1. The Balaban J connectivity index is 2.34. The zero-order valence-electron chi connectivity index (χ0n) is 15.2. The number of methoxy groups -OCH3 is 2. The maximum absolute atomic E-state index is 12.9. The summed E-state index contributed by atoms with van der Waals surface area (Å²) < 4.78 is 48.1. The Labute approximate surface area is 177 Å². The number of carbonyl (C=O) groups excluding carboxylic acids is 2. The van der Waals surface area contributed by atoms with Crippen LogP contribution in [0, 0.1) is 6.92 Å². The van der Waals surface area contributed by atoms with Crippen molar-refractivity contribution in [1.29, 1.82) is 0 Å². The Kier molecular flexibility index (Phi) is 7.09. The second-order valence-corrected chi connectivity index (χ2v) is 7.35. The van der Waals surface area contributed by atoms with Gasteiger partial charge < -0.3 is 20.1 Å². The molecule has 1 heterocycles. The largest absolute Gasteiger partial charge is 0.465 e. The molecular weight excluding hydrogens is 453 g/mol. The number of thiocarbonyl (C=S) groups is 1. The SMILES string of the molecule is COC(=O)c1sc(NC(=S)Nc2cc(C(F)(F)F)ccc2Cl)c(C(=O)OC)c1C. The van der Waals surface area contributed by atoms with Gasteiger partial charge >= 0.3 is 18.1 Å². The molecule has 1 aromatic heterocycles. The maximum atomic E-state index is 12.9. The fourth-order valence-corrected chi connectivity index (χ4v) is 3.85. The van der Waals surface area contributed by atoms with Crippen molar-refractivity contribution in [1.82, 2.24) is 0 Å². The third kappa shape index (κ3) is 5.17. The van der Waals surface area contributed by atoms with E-state index in [0.29, 0.717) is 5.56 Å². The number of rotatable bonds is 4. The van der Waals surface area contributed by atoms with Gasteiger partial charge in [0.05, 0.1) is 36.1 Å². The van der Waals surface area contributed by atoms with Crippen LogP contribution in [0.5, 0.6) is 0 Å². The molecule has 0 saturated carbocycles. The topological polar surface area (TPSA) is 76.7 Å². The van der Waals surface area contributed by atoms with Crippen LogP contribution in [0.2, 0.25) is 5.02 Å². The summed E-state index contributed by atoms with van der Waals surface area (Å²) in [6.07, 6.45) is -4.56. The Hall–Kier alpha value is -2.37. The van der Waals surface area contributed by atoms with Crippen molar-refractivity contribution in [3.8, 4) is 0 Å². The molecule has 0 aliphatic heterocycles. The average Bonchev–Trinajstić information content (AvgIpc) is 2.97. The zero-order valence-corrected chi connectivity index (χ0v) is 17.6. The van der Waals surface area contributed by atoms with Gasteiger partial charge in [0, 0.05) is 0 Å². The minimum atomic E-state index is -4.56. The molecule has 29 heavy (non-hydrogen) atoms. The van der Waals surface area contributed by atoms with Gasteiger partial charge in [-0.1, -0.05) is 11.6 Å². The minimum absolute atomic E-state index is 0.00736. The van der Waals surface area contributed by atoms with Gasteiger partial charge in [-0.25, -0.2) is 9.59 Å². The molecule has 0 radical (unpaired) electrons. The van der Waals surface area contributed by atoms with Crippen LogP contribution in [0.25, 0.3) is 0 Å². The second-order valence-electron chi connectivity index (χ2n) is 5.51. The summed E-state index contributed by atoms with van der Waals surface area (Å²) in [7, 11) is 2.36. The molecular formula is C17H14ClF3N2O4S2. The summed E-state index contributed by atoms with van der Waals surface area (Å²) in [6.45, 7) is 1.53. The number of anilines is 2. The van der Waals surface area contributed by atoms with E-state index in [4.69, 9.17) is 28.6 Å². The van der Waals surface area contributed by atoms with Crippen LogP contribution in [-0.4, -0.2) is 31.3 Å². The van der Waals surface area contributed by atoms with E-state index in [9.17, 15) is 22.8 Å². The van der Waals surface area contributed by atoms with Gasteiger partial charge in [-0.05, 0) is 42.9 Å². The highest BCUT2D eigenvalue weighted by molar-refractivity contribution is 7.80. The Morgan fingerprint density at radius 1 is 1.14 bits per heavy atom. The van der Waals surface area contributed by atoms with Crippen molar-refractivity contribution in [2.75, 3.05) is 24.9 Å². The molecule has 0 unspecified atom stereocenters. The molecule has 2 aromatic rings. The predicted octanol–water partition coefficient (Wildman–Crippen LogP) is 5.11. The maximum Gasteiger partial charge on any atom is 0.416 e. The summed E-state index contributed by atoms with van der Waals surface area (Å²) in [5.74, 6) is -1.39. The van der Waals surface area contributed by atoms with Crippen molar-refractivity contribution in [3.63, 3.8) is 0 Å². The Bertz CT molecular complexity index is 976. The fourth-order valence-electron chi connectivity index (χ4n) is 2.29. The van der Waals surface area contributed by atoms with Crippen molar-refractivity contribution >= 4 is 62.9 Å². The van der Waals surface area contributed by atoms with Crippen LogP contribution < -0.4 is 10.6 Å². The van der Waals surface area contributed by atoms with Crippen LogP contribution in [0.15, 0.2) is 18.2 Å². The van der Waals surface area contributed by atoms with Gasteiger partial charge in [0.2, 0.25) is 0 Å². The monoisotopic (exact) mass is 466 g/mol. The van der Waals surface area contributed by atoms with Crippen molar-refractivity contribution in [2.24, 2.45) is 0 Å². The lowest BCUT2D eigenvalue weighted by atomic mass is 10.1. The molecule has 2 rings (SSSR count). The standard InChI is InChI=1S/C17H14ClF3N2O4S2/c1-7-11(14(24)26-2)13(29-12(7)15(25)27-3)23-16(28)22-10-6-8(17(19,20)21)4-5-9(10)18/h4-6H,1-3H3,(H2,22,23,28). The van der Waals surface area contributed by atoms with E-state index in [1.165, 1.54) is 21.1 Å². The van der Waals surface area contributed by atoms with Crippen molar-refractivity contribution in [2.45, 2.75) is 13.1 Å². The quantitative estimate of drug-likeness (QED) is 0.479. The molecule has 0 fully saturated rings. The number of halogens is 4. The summed E-state index contributed by atoms with van der Waals surface area (Å²) in [6, 6.07) is 2.72. The summed E-state index contributed by atoms with van der Waals surface area (Å²) in [5.41, 5.74) is -0.629. The number of hydrogen-bond donors (Lipinski definition) is 2. The van der Waals surface area contributed by atoms with E-state index in [0.717, 1.165) is 29.5 Å². The van der Waals surface area contributed by atoms with Gasteiger partial charge in [0.25, 0.3) is 0 Å². The van der Waals surface area contributed by atoms with E-state index in [2.05, 4.69) is 15.4 Å². The predicted molar refractivity (Wildman–Crippen MR) is 108 cm³/mol. The average molecular weight is 467 g/mol. The Morgan fingerprint density at radius 3 is 2.31 bits per heavy atom.